The maximum Gasteiger partial charge on any atom is 0.336 e. The summed E-state index contributed by atoms with van der Waals surface area (Å²) in [5.74, 6) is -0.487. The highest BCUT2D eigenvalue weighted by Gasteiger charge is 2.32. The molecule has 1 aromatic heterocycles. The highest BCUT2D eigenvalue weighted by molar-refractivity contribution is 5.82. The second-order valence-corrected chi connectivity index (χ2v) is 7.33. The Labute approximate surface area is 180 Å². The summed E-state index contributed by atoms with van der Waals surface area (Å²) >= 11 is 0. The normalized spacial score (nSPS) is 15.0. The Bertz CT molecular complexity index is 906. The smallest absolute Gasteiger partial charge is 0.336 e. The average Bonchev–Trinajstić information content (AvgIpc) is 2.78. The zero-order chi connectivity index (χ0) is 22.1. The molecule has 0 spiro atoms. The van der Waals surface area contributed by atoms with E-state index in [4.69, 9.17) is 0 Å². The molecule has 1 aromatic carbocycles. The van der Waals surface area contributed by atoms with Crippen molar-refractivity contribution in [3.05, 3.63) is 59.8 Å². The van der Waals surface area contributed by atoms with E-state index in [-0.39, 0.29) is 18.7 Å². The van der Waals surface area contributed by atoms with Crippen molar-refractivity contribution in [3.63, 3.8) is 0 Å². The summed E-state index contributed by atoms with van der Waals surface area (Å²) in [6.45, 7) is 1.08. The molecule has 1 atom stereocenters. The van der Waals surface area contributed by atoms with Gasteiger partial charge in [0.15, 0.2) is 0 Å². The van der Waals surface area contributed by atoms with Crippen LogP contribution in [0.3, 0.4) is 0 Å². The molecule has 0 fully saturated rings. The van der Waals surface area contributed by atoms with Crippen LogP contribution < -0.4 is 16.2 Å². The quantitative estimate of drug-likeness (QED) is 0.381. The zero-order valence-corrected chi connectivity index (χ0v) is 17.2. The van der Waals surface area contributed by atoms with Crippen LogP contribution in [0.4, 0.5) is 10.6 Å². The maximum atomic E-state index is 12.6. The summed E-state index contributed by atoms with van der Waals surface area (Å²) in [7, 11) is 0. The van der Waals surface area contributed by atoms with E-state index in [0.717, 1.165) is 23.4 Å². The van der Waals surface area contributed by atoms with Gasteiger partial charge in [0.25, 0.3) is 0 Å². The first-order valence-electron chi connectivity index (χ1n) is 10.3. The summed E-state index contributed by atoms with van der Waals surface area (Å²) in [4.78, 5) is 41.6. The molecule has 0 aliphatic carbocycles. The van der Waals surface area contributed by atoms with Gasteiger partial charge in [-0.2, -0.15) is 0 Å². The van der Waals surface area contributed by atoms with E-state index in [1.54, 1.807) is 6.20 Å². The SMILES string of the molecule is O=C(O)CC1c2ccccc2CCN1C(=O)NNC(=O)CCCCNc1ccccn1. The van der Waals surface area contributed by atoms with Crippen LogP contribution in [-0.2, 0) is 16.0 Å². The minimum absolute atomic E-state index is 0.193. The molecule has 31 heavy (non-hydrogen) atoms. The minimum atomic E-state index is -0.983. The van der Waals surface area contributed by atoms with Gasteiger partial charge in [-0.05, 0) is 42.5 Å². The van der Waals surface area contributed by atoms with Crippen LogP contribution >= 0.6 is 0 Å². The number of rotatable bonds is 8. The van der Waals surface area contributed by atoms with Gasteiger partial charge in [0, 0.05) is 25.7 Å². The first-order chi connectivity index (χ1) is 15.0. The standard InChI is InChI=1S/C22H27N5O4/c28-20(10-4-6-13-24-19-9-3-5-12-23-19)25-26-22(31)27-14-11-16-7-1-2-8-17(16)18(27)15-21(29)30/h1-3,5,7-9,12,18H,4,6,10-11,13-15H2,(H,23,24)(H,25,28)(H,26,31)(H,29,30). The van der Waals surface area contributed by atoms with Gasteiger partial charge >= 0.3 is 12.0 Å². The molecule has 0 radical (unpaired) electrons. The number of carbonyl (C=O) groups excluding carboxylic acids is 2. The summed E-state index contributed by atoms with van der Waals surface area (Å²) in [6, 6.07) is 12.1. The molecule has 1 aliphatic rings. The summed E-state index contributed by atoms with van der Waals surface area (Å²) in [6.07, 6.45) is 3.85. The number of carboxylic acid groups (broad SMARTS) is 1. The topological polar surface area (TPSA) is 124 Å². The lowest BCUT2D eigenvalue weighted by atomic mass is 9.91. The molecule has 2 aromatic rings. The number of hydrazine groups is 1. The molecule has 1 unspecified atom stereocenters. The van der Waals surface area contributed by atoms with Crippen LogP contribution in [0.5, 0.6) is 0 Å². The third-order valence-electron chi connectivity index (χ3n) is 5.15. The Morgan fingerprint density at radius 1 is 1.06 bits per heavy atom. The minimum Gasteiger partial charge on any atom is -0.481 e. The van der Waals surface area contributed by atoms with Gasteiger partial charge in [-0.1, -0.05) is 30.3 Å². The Balaban J connectivity index is 1.42. The highest BCUT2D eigenvalue weighted by Crippen LogP contribution is 2.32. The zero-order valence-electron chi connectivity index (χ0n) is 17.2. The Kier molecular flexibility index (Phi) is 7.80. The lowest BCUT2D eigenvalue weighted by Crippen LogP contribution is -2.52. The van der Waals surface area contributed by atoms with Crippen LogP contribution in [0.15, 0.2) is 48.7 Å². The van der Waals surface area contributed by atoms with Crippen molar-refractivity contribution in [2.45, 2.75) is 38.1 Å². The molecular weight excluding hydrogens is 398 g/mol. The fourth-order valence-corrected chi connectivity index (χ4v) is 3.63. The van der Waals surface area contributed by atoms with Gasteiger partial charge in [-0.3, -0.25) is 15.0 Å². The Morgan fingerprint density at radius 3 is 2.65 bits per heavy atom. The van der Waals surface area contributed by atoms with E-state index in [1.807, 2.05) is 42.5 Å². The molecule has 0 saturated carbocycles. The predicted molar refractivity (Wildman–Crippen MR) is 115 cm³/mol. The average molecular weight is 425 g/mol. The van der Waals surface area contributed by atoms with E-state index in [2.05, 4.69) is 21.2 Å². The number of hydrogen-bond acceptors (Lipinski definition) is 5. The lowest BCUT2D eigenvalue weighted by molar-refractivity contribution is -0.138. The molecule has 2 heterocycles. The molecule has 4 N–H and O–H groups in total. The van der Waals surface area contributed by atoms with Crippen molar-refractivity contribution < 1.29 is 19.5 Å². The predicted octanol–water partition coefficient (Wildman–Crippen LogP) is 2.48. The number of nitrogens with one attached hydrogen (secondary N) is 3. The van der Waals surface area contributed by atoms with E-state index < -0.39 is 18.0 Å². The number of pyridine rings is 1. The van der Waals surface area contributed by atoms with Crippen LogP contribution in [0.1, 0.15) is 42.9 Å². The van der Waals surface area contributed by atoms with Gasteiger partial charge < -0.3 is 15.3 Å². The first-order valence-corrected chi connectivity index (χ1v) is 10.3. The largest absolute Gasteiger partial charge is 0.481 e. The number of carbonyl (C=O) groups is 3. The summed E-state index contributed by atoms with van der Waals surface area (Å²) in [5.41, 5.74) is 6.72. The molecule has 1 aliphatic heterocycles. The number of anilines is 1. The van der Waals surface area contributed by atoms with E-state index in [0.29, 0.717) is 25.9 Å². The number of fused-ring (bicyclic) bond motifs is 1. The number of aliphatic carboxylic acids is 1. The number of hydrogen-bond donors (Lipinski definition) is 4. The Morgan fingerprint density at radius 2 is 1.87 bits per heavy atom. The number of urea groups is 1. The first kappa shape index (κ1) is 22.1. The number of unbranched alkanes of at least 4 members (excludes halogenated alkanes) is 1. The molecule has 0 saturated heterocycles. The van der Waals surface area contributed by atoms with Crippen LogP contribution in [0.25, 0.3) is 0 Å². The van der Waals surface area contributed by atoms with E-state index in [9.17, 15) is 19.5 Å². The summed E-state index contributed by atoms with van der Waals surface area (Å²) in [5, 5.41) is 12.5. The number of carboxylic acids is 1. The van der Waals surface area contributed by atoms with Crippen LogP contribution in [-0.4, -0.2) is 46.0 Å². The van der Waals surface area contributed by atoms with E-state index in [1.165, 1.54) is 4.90 Å². The fraction of sp³-hybridized carbons (Fsp3) is 0.364. The maximum absolute atomic E-state index is 12.6. The molecule has 9 heteroatoms. The molecule has 3 amide bonds. The fourth-order valence-electron chi connectivity index (χ4n) is 3.63. The van der Waals surface area contributed by atoms with Crippen molar-refractivity contribution in [1.29, 1.82) is 0 Å². The lowest BCUT2D eigenvalue weighted by Gasteiger charge is -2.36. The Hall–Kier alpha value is -3.62. The van der Waals surface area contributed by atoms with Crippen molar-refractivity contribution in [2.24, 2.45) is 0 Å². The van der Waals surface area contributed by atoms with Crippen LogP contribution in [0.2, 0.25) is 0 Å². The number of benzene rings is 1. The van der Waals surface area contributed by atoms with Gasteiger partial charge in [-0.25, -0.2) is 15.2 Å². The van der Waals surface area contributed by atoms with Crippen LogP contribution in [0, 0.1) is 0 Å². The number of nitrogens with zero attached hydrogens (tertiary/aromatic N) is 2. The van der Waals surface area contributed by atoms with Gasteiger partial charge in [0.2, 0.25) is 5.91 Å². The molecule has 0 bridgehead atoms. The third-order valence-corrected chi connectivity index (χ3v) is 5.15. The number of amides is 3. The third kappa shape index (κ3) is 6.43. The van der Waals surface area contributed by atoms with Crippen molar-refractivity contribution in [3.8, 4) is 0 Å². The van der Waals surface area contributed by atoms with Crippen molar-refractivity contribution in [2.75, 3.05) is 18.4 Å². The second kappa shape index (κ2) is 11.0. The van der Waals surface area contributed by atoms with Gasteiger partial charge in [0.05, 0.1) is 12.5 Å². The highest BCUT2D eigenvalue weighted by atomic mass is 16.4. The molecular formula is C22H27N5O4. The van der Waals surface area contributed by atoms with Crippen molar-refractivity contribution in [1.82, 2.24) is 20.7 Å². The van der Waals surface area contributed by atoms with Gasteiger partial charge in [0.1, 0.15) is 5.82 Å². The second-order valence-electron chi connectivity index (χ2n) is 7.33. The van der Waals surface area contributed by atoms with E-state index >= 15 is 0 Å². The molecule has 164 valence electrons. The number of aromatic nitrogens is 1. The van der Waals surface area contributed by atoms with Crippen molar-refractivity contribution >= 4 is 23.7 Å². The van der Waals surface area contributed by atoms with Gasteiger partial charge in [-0.15, -0.1) is 0 Å². The molecule has 9 nitrogen and oxygen atoms in total. The monoisotopic (exact) mass is 425 g/mol. The molecule has 3 rings (SSSR count). The summed E-state index contributed by atoms with van der Waals surface area (Å²) < 4.78 is 0.